The molecule has 0 aliphatic carbocycles. The second-order valence-corrected chi connectivity index (χ2v) is 3.02. The van der Waals surface area contributed by atoms with Gasteiger partial charge in [0.1, 0.15) is 0 Å². The van der Waals surface area contributed by atoms with Crippen LogP contribution in [0.3, 0.4) is 0 Å². The average molecular weight is 250 g/mol. The van der Waals surface area contributed by atoms with Crippen LogP contribution in [0.15, 0.2) is 0 Å². The summed E-state index contributed by atoms with van der Waals surface area (Å²) >= 11 is 0. The molecule has 0 aliphatic rings. The Hall–Kier alpha value is -3.52. The molecule has 0 fully saturated rings. The Bertz CT molecular complexity index is 730. The summed E-state index contributed by atoms with van der Waals surface area (Å²) in [4.78, 5) is 0. The highest BCUT2D eigenvalue weighted by Crippen LogP contribution is 2.11. The van der Waals surface area contributed by atoms with E-state index in [4.69, 9.17) is 6.42 Å². The lowest BCUT2D eigenvalue weighted by Gasteiger charge is -2.04. The fourth-order valence-electron chi connectivity index (χ4n) is 0.880. The normalized spacial score (nSPS) is 5.90. The molecule has 0 aromatic heterocycles. The van der Waals surface area contributed by atoms with Crippen molar-refractivity contribution < 1.29 is 0 Å². The predicted octanol–water partition coefficient (Wildman–Crippen LogP) is 1.69. The maximum absolute atomic E-state index is 5.15. The van der Waals surface area contributed by atoms with Gasteiger partial charge in [0.2, 0.25) is 5.41 Å². The molecule has 0 heterocycles. The number of hydrogen-bond donors (Lipinski definition) is 0. The Morgan fingerprint density at radius 1 is 0.550 bits per heavy atom. The van der Waals surface area contributed by atoms with E-state index in [1.807, 2.05) is 0 Å². The molecular weight excluding hydrogens is 240 g/mol. The quantitative estimate of drug-likeness (QED) is 0.574. The van der Waals surface area contributed by atoms with Gasteiger partial charge >= 0.3 is 0 Å². The van der Waals surface area contributed by atoms with E-state index in [2.05, 4.69) is 88.8 Å². The Labute approximate surface area is 122 Å². The Morgan fingerprint density at radius 2 is 0.900 bits per heavy atom. The SMILES string of the molecule is C#CC#CC(C#CC#CC)(C#CC#CC)C#CC#CC. The number of terminal acetylenes is 1. The van der Waals surface area contributed by atoms with Gasteiger partial charge in [-0.25, -0.2) is 0 Å². The largest absolute Gasteiger partial charge is 0.216 e. The van der Waals surface area contributed by atoms with Crippen LogP contribution in [0.4, 0.5) is 0 Å². The first-order valence-electron chi connectivity index (χ1n) is 5.54. The molecular formula is C20H10. The van der Waals surface area contributed by atoms with E-state index in [9.17, 15) is 0 Å². The van der Waals surface area contributed by atoms with Crippen molar-refractivity contribution in [3.05, 3.63) is 0 Å². The third kappa shape index (κ3) is 6.93. The van der Waals surface area contributed by atoms with E-state index in [1.165, 1.54) is 0 Å². The minimum Gasteiger partial charge on any atom is -0.106 e. The summed E-state index contributed by atoms with van der Waals surface area (Å²) < 4.78 is 0. The van der Waals surface area contributed by atoms with Crippen LogP contribution in [0.2, 0.25) is 0 Å². The molecule has 0 unspecified atom stereocenters. The van der Waals surface area contributed by atoms with Crippen LogP contribution in [-0.4, -0.2) is 0 Å². The summed E-state index contributed by atoms with van der Waals surface area (Å²) in [5, 5.41) is 0. The summed E-state index contributed by atoms with van der Waals surface area (Å²) in [5.41, 5.74) is -1.19. The van der Waals surface area contributed by atoms with Crippen LogP contribution in [0, 0.1) is 101 Å². The maximum atomic E-state index is 5.15. The van der Waals surface area contributed by atoms with Gasteiger partial charge in [0.05, 0.1) is 0 Å². The van der Waals surface area contributed by atoms with E-state index in [0.29, 0.717) is 0 Å². The molecule has 0 amide bonds. The van der Waals surface area contributed by atoms with Crippen molar-refractivity contribution in [3.63, 3.8) is 0 Å². The number of hydrogen-bond acceptors (Lipinski definition) is 0. The molecule has 0 atom stereocenters. The molecule has 0 spiro atoms. The first kappa shape index (κ1) is 16.5. The van der Waals surface area contributed by atoms with Crippen LogP contribution < -0.4 is 0 Å². The summed E-state index contributed by atoms with van der Waals surface area (Å²) in [7, 11) is 0. The lowest BCUT2D eigenvalue weighted by atomic mass is 9.90. The van der Waals surface area contributed by atoms with E-state index in [0.717, 1.165) is 0 Å². The molecule has 0 rings (SSSR count). The van der Waals surface area contributed by atoms with Crippen molar-refractivity contribution in [2.24, 2.45) is 5.41 Å². The van der Waals surface area contributed by atoms with Crippen molar-refractivity contribution >= 4 is 0 Å². The first-order valence-corrected chi connectivity index (χ1v) is 5.54. The van der Waals surface area contributed by atoms with Crippen LogP contribution in [0.5, 0.6) is 0 Å². The van der Waals surface area contributed by atoms with Gasteiger partial charge in [0.25, 0.3) is 0 Å². The van der Waals surface area contributed by atoms with Crippen LogP contribution in [0.25, 0.3) is 0 Å². The highest BCUT2D eigenvalue weighted by atomic mass is 14.1. The van der Waals surface area contributed by atoms with Gasteiger partial charge in [0, 0.05) is 0 Å². The Kier molecular flexibility index (Phi) is 8.75. The maximum Gasteiger partial charge on any atom is 0.216 e. The zero-order chi connectivity index (χ0) is 15.1. The van der Waals surface area contributed by atoms with E-state index < -0.39 is 5.41 Å². The molecule has 0 aromatic carbocycles. The van der Waals surface area contributed by atoms with Gasteiger partial charge in [-0.05, 0) is 91.8 Å². The standard InChI is InChI=1S/C20H10/c1-5-9-13-17-20(16-12-8-4,18-14-10-6-2)19-15-11-7-3/h4H,1-3H3. The summed E-state index contributed by atoms with van der Waals surface area (Å²) in [6, 6.07) is 0. The Morgan fingerprint density at radius 3 is 1.20 bits per heavy atom. The summed E-state index contributed by atoms with van der Waals surface area (Å²) in [6.07, 6.45) is 5.15. The number of rotatable bonds is 0. The molecule has 0 nitrogen and oxygen atoms in total. The smallest absolute Gasteiger partial charge is 0.106 e. The fraction of sp³-hybridized carbons (Fsp3) is 0.200. The first-order chi connectivity index (χ1) is 9.74. The summed E-state index contributed by atoms with van der Waals surface area (Å²) in [5.74, 6) is 39.7. The molecule has 0 N–H and O–H groups in total. The van der Waals surface area contributed by atoms with E-state index >= 15 is 0 Å². The lowest BCUT2D eigenvalue weighted by molar-refractivity contribution is 0.989. The fourth-order valence-corrected chi connectivity index (χ4v) is 0.880. The zero-order valence-corrected chi connectivity index (χ0v) is 11.6. The van der Waals surface area contributed by atoms with Gasteiger partial charge in [-0.3, -0.25) is 0 Å². The Balaban J connectivity index is 6.09. The molecule has 0 heteroatoms. The predicted molar refractivity (Wildman–Crippen MR) is 82.7 cm³/mol. The molecule has 0 bridgehead atoms. The molecule has 0 aliphatic heterocycles. The minimum absolute atomic E-state index is 1.19. The minimum atomic E-state index is -1.19. The van der Waals surface area contributed by atoms with Crippen molar-refractivity contribution in [1.29, 1.82) is 0 Å². The van der Waals surface area contributed by atoms with Crippen molar-refractivity contribution in [3.8, 4) is 95.2 Å². The summed E-state index contributed by atoms with van der Waals surface area (Å²) in [6.45, 7) is 5.06. The third-order valence-corrected chi connectivity index (χ3v) is 1.63. The topological polar surface area (TPSA) is 0 Å². The monoisotopic (exact) mass is 250 g/mol. The molecule has 90 valence electrons. The van der Waals surface area contributed by atoms with Crippen LogP contribution >= 0.6 is 0 Å². The van der Waals surface area contributed by atoms with Crippen molar-refractivity contribution in [2.45, 2.75) is 20.8 Å². The molecule has 0 radical (unpaired) electrons. The van der Waals surface area contributed by atoms with Gasteiger partial charge in [0.15, 0.2) is 0 Å². The molecule has 0 saturated heterocycles. The second kappa shape index (κ2) is 10.6. The van der Waals surface area contributed by atoms with Gasteiger partial charge in [-0.2, -0.15) is 0 Å². The molecule has 0 saturated carbocycles. The van der Waals surface area contributed by atoms with Gasteiger partial charge in [-0.1, -0.05) is 17.8 Å². The molecule has 20 heavy (non-hydrogen) atoms. The third-order valence-electron chi connectivity index (χ3n) is 1.63. The highest BCUT2D eigenvalue weighted by Gasteiger charge is 2.19. The van der Waals surface area contributed by atoms with E-state index in [-0.39, 0.29) is 0 Å². The van der Waals surface area contributed by atoms with Crippen molar-refractivity contribution in [2.75, 3.05) is 0 Å². The lowest BCUT2D eigenvalue weighted by Crippen LogP contribution is -2.11. The van der Waals surface area contributed by atoms with E-state index in [1.54, 1.807) is 20.8 Å². The van der Waals surface area contributed by atoms with Crippen LogP contribution in [0.1, 0.15) is 20.8 Å². The highest BCUT2D eigenvalue weighted by molar-refractivity contribution is 5.54. The zero-order valence-electron chi connectivity index (χ0n) is 11.6. The second-order valence-electron chi connectivity index (χ2n) is 3.02. The molecule has 0 aromatic rings. The van der Waals surface area contributed by atoms with Crippen LogP contribution in [-0.2, 0) is 0 Å². The average Bonchev–Trinajstić information content (AvgIpc) is 2.46. The van der Waals surface area contributed by atoms with Gasteiger partial charge in [-0.15, -0.1) is 6.42 Å². The van der Waals surface area contributed by atoms with Gasteiger partial charge < -0.3 is 0 Å². The van der Waals surface area contributed by atoms with Crippen molar-refractivity contribution in [1.82, 2.24) is 0 Å².